The van der Waals surface area contributed by atoms with Crippen LogP contribution in [0.2, 0.25) is 0 Å². The highest BCUT2D eigenvalue weighted by atomic mass is 32.2. The lowest BCUT2D eigenvalue weighted by Crippen LogP contribution is -2.38. The molecule has 2 atom stereocenters. The van der Waals surface area contributed by atoms with E-state index in [1.165, 1.54) is 11.3 Å². The third-order valence-electron chi connectivity index (χ3n) is 5.25. The highest BCUT2D eigenvalue weighted by molar-refractivity contribution is 7.89. The van der Waals surface area contributed by atoms with Crippen LogP contribution < -0.4 is 10.0 Å². The Labute approximate surface area is 193 Å². The molecule has 0 spiro atoms. The number of benzene rings is 3. The minimum atomic E-state index is -3.75. The van der Waals surface area contributed by atoms with Crippen molar-refractivity contribution in [2.24, 2.45) is 0 Å². The SMILES string of the molecule is Cc1ccc(S(=O)(=O)NC(c2ccccc2)C(NCc2cscn2)c2ccccc2)cc1. The van der Waals surface area contributed by atoms with Gasteiger partial charge in [0.1, 0.15) is 0 Å². The van der Waals surface area contributed by atoms with Gasteiger partial charge < -0.3 is 5.32 Å². The minimum absolute atomic E-state index is 0.246. The van der Waals surface area contributed by atoms with Crippen LogP contribution in [0, 0.1) is 6.92 Å². The Balaban J connectivity index is 1.73. The summed E-state index contributed by atoms with van der Waals surface area (Å²) >= 11 is 1.54. The Morgan fingerprint density at radius 2 is 1.44 bits per heavy atom. The maximum atomic E-state index is 13.3. The van der Waals surface area contributed by atoms with E-state index in [-0.39, 0.29) is 10.9 Å². The summed E-state index contributed by atoms with van der Waals surface area (Å²) in [7, 11) is -3.75. The van der Waals surface area contributed by atoms with Crippen LogP contribution >= 0.6 is 11.3 Å². The van der Waals surface area contributed by atoms with Crippen molar-refractivity contribution >= 4 is 21.4 Å². The summed E-state index contributed by atoms with van der Waals surface area (Å²) in [4.78, 5) is 4.61. The van der Waals surface area contributed by atoms with Crippen LogP contribution in [0.5, 0.6) is 0 Å². The molecule has 0 bridgehead atoms. The fourth-order valence-electron chi connectivity index (χ4n) is 3.57. The summed E-state index contributed by atoms with van der Waals surface area (Å²) in [6.07, 6.45) is 0. The predicted octanol–water partition coefficient (Wildman–Crippen LogP) is 5.00. The number of thiazole rings is 1. The average molecular weight is 464 g/mol. The molecule has 4 rings (SSSR count). The first-order valence-electron chi connectivity index (χ1n) is 10.3. The lowest BCUT2D eigenvalue weighted by atomic mass is 9.94. The molecule has 0 aliphatic heterocycles. The Morgan fingerprint density at radius 3 is 2.00 bits per heavy atom. The number of aromatic nitrogens is 1. The summed E-state index contributed by atoms with van der Waals surface area (Å²) in [5.41, 5.74) is 5.59. The van der Waals surface area contributed by atoms with Gasteiger partial charge in [0.05, 0.1) is 28.2 Å². The normalized spacial score (nSPS) is 13.5. The van der Waals surface area contributed by atoms with Crippen molar-refractivity contribution in [2.75, 3.05) is 0 Å². The second kappa shape index (κ2) is 10.2. The molecule has 0 radical (unpaired) electrons. The first-order valence-corrected chi connectivity index (χ1v) is 12.7. The van der Waals surface area contributed by atoms with Gasteiger partial charge in [0.25, 0.3) is 0 Å². The molecule has 2 unspecified atom stereocenters. The number of hydrogen-bond donors (Lipinski definition) is 2. The monoisotopic (exact) mass is 463 g/mol. The molecule has 0 aliphatic carbocycles. The first-order chi connectivity index (χ1) is 15.5. The molecule has 0 saturated carbocycles. The summed E-state index contributed by atoms with van der Waals surface area (Å²) < 4.78 is 29.7. The number of aryl methyl sites for hydroxylation is 1. The zero-order chi connectivity index (χ0) is 22.4. The molecule has 1 aromatic heterocycles. The molecular weight excluding hydrogens is 438 g/mol. The van der Waals surface area contributed by atoms with E-state index in [1.54, 1.807) is 29.8 Å². The quantitative estimate of drug-likeness (QED) is 0.366. The lowest BCUT2D eigenvalue weighted by Gasteiger charge is -2.30. The molecule has 7 heteroatoms. The second-order valence-electron chi connectivity index (χ2n) is 7.57. The molecule has 0 fully saturated rings. The van der Waals surface area contributed by atoms with Gasteiger partial charge in [0.15, 0.2) is 0 Å². The average Bonchev–Trinajstić information content (AvgIpc) is 3.34. The summed E-state index contributed by atoms with van der Waals surface area (Å²) in [5, 5.41) is 5.53. The molecule has 2 N–H and O–H groups in total. The summed E-state index contributed by atoms with van der Waals surface area (Å²) in [6, 6.07) is 25.6. The van der Waals surface area contributed by atoms with Crippen molar-refractivity contribution in [3.05, 3.63) is 118 Å². The van der Waals surface area contributed by atoms with Crippen molar-refractivity contribution in [1.29, 1.82) is 0 Å². The van der Waals surface area contributed by atoms with Crippen molar-refractivity contribution < 1.29 is 8.42 Å². The van der Waals surface area contributed by atoms with Gasteiger partial charge in [-0.2, -0.15) is 0 Å². The number of nitrogens with zero attached hydrogens (tertiary/aromatic N) is 1. The summed E-state index contributed by atoms with van der Waals surface area (Å²) in [6.45, 7) is 2.46. The van der Waals surface area contributed by atoms with Gasteiger partial charge in [-0.25, -0.2) is 18.1 Å². The van der Waals surface area contributed by atoms with Crippen LogP contribution in [0.1, 0.15) is 34.5 Å². The van der Waals surface area contributed by atoms with Gasteiger partial charge in [-0.3, -0.25) is 0 Å². The Hall–Kier alpha value is -2.84. The number of hydrogen-bond acceptors (Lipinski definition) is 5. The number of rotatable bonds is 9. The van der Waals surface area contributed by atoms with E-state index in [0.29, 0.717) is 6.54 Å². The molecule has 164 valence electrons. The van der Waals surface area contributed by atoms with Crippen LogP contribution in [0.3, 0.4) is 0 Å². The minimum Gasteiger partial charge on any atom is -0.303 e. The molecule has 3 aromatic carbocycles. The highest BCUT2D eigenvalue weighted by Crippen LogP contribution is 2.31. The van der Waals surface area contributed by atoms with E-state index in [4.69, 9.17) is 0 Å². The Morgan fingerprint density at radius 1 is 0.844 bits per heavy atom. The van der Waals surface area contributed by atoms with Crippen molar-refractivity contribution in [2.45, 2.75) is 30.4 Å². The van der Waals surface area contributed by atoms with Crippen molar-refractivity contribution in [3.63, 3.8) is 0 Å². The maximum absolute atomic E-state index is 13.3. The van der Waals surface area contributed by atoms with Gasteiger partial charge >= 0.3 is 0 Å². The zero-order valence-corrected chi connectivity index (χ0v) is 19.3. The molecule has 32 heavy (non-hydrogen) atoms. The Bertz CT molecular complexity index is 1210. The fraction of sp³-hybridized carbons (Fsp3) is 0.160. The van der Waals surface area contributed by atoms with Crippen LogP contribution in [0.25, 0.3) is 0 Å². The zero-order valence-electron chi connectivity index (χ0n) is 17.7. The maximum Gasteiger partial charge on any atom is 0.241 e. The van der Waals surface area contributed by atoms with Gasteiger partial charge in [0.2, 0.25) is 10.0 Å². The van der Waals surface area contributed by atoms with Crippen LogP contribution in [-0.4, -0.2) is 13.4 Å². The number of sulfonamides is 1. The topological polar surface area (TPSA) is 71.1 Å². The highest BCUT2D eigenvalue weighted by Gasteiger charge is 2.29. The standard InChI is InChI=1S/C25H25N3O2S2/c1-19-12-14-23(15-13-19)32(29,30)28-25(21-10-6-3-7-11-21)24(20-8-4-2-5-9-20)26-16-22-17-31-18-27-22/h2-15,17-18,24-26,28H,16H2,1H3. The smallest absolute Gasteiger partial charge is 0.241 e. The van der Waals surface area contributed by atoms with Crippen molar-refractivity contribution in [3.8, 4) is 0 Å². The van der Waals surface area contributed by atoms with E-state index in [2.05, 4.69) is 15.0 Å². The Kier molecular flexibility index (Phi) is 7.12. The van der Waals surface area contributed by atoms with Crippen LogP contribution in [0.15, 0.2) is 101 Å². The van der Waals surface area contributed by atoms with Gasteiger partial charge in [-0.1, -0.05) is 78.4 Å². The molecule has 4 aromatic rings. The van der Waals surface area contributed by atoms with E-state index in [9.17, 15) is 8.42 Å². The molecule has 0 amide bonds. The second-order valence-corrected chi connectivity index (χ2v) is 10.0. The molecule has 0 saturated heterocycles. The van der Waals surface area contributed by atoms with E-state index >= 15 is 0 Å². The molecule has 1 heterocycles. The third kappa shape index (κ3) is 5.49. The van der Waals surface area contributed by atoms with Gasteiger partial charge in [0, 0.05) is 11.9 Å². The van der Waals surface area contributed by atoms with E-state index in [0.717, 1.165) is 22.4 Å². The largest absolute Gasteiger partial charge is 0.303 e. The van der Waals surface area contributed by atoms with Crippen LogP contribution in [0.4, 0.5) is 0 Å². The summed E-state index contributed by atoms with van der Waals surface area (Å²) in [5.74, 6) is 0. The molecular formula is C25H25N3O2S2. The fourth-order valence-corrected chi connectivity index (χ4v) is 5.36. The predicted molar refractivity (Wildman–Crippen MR) is 129 cm³/mol. The third-order valence-corrected chi connectivity index (χ3v) is 7.34. The first kappa shape index (κ1) is 22.4. The molecule has 0 aliphatic rings. The lowest BCUT2D eigenvalue weighted by molar-refractivity contribution is 0.420. The number of nitrogens with one attached hydrogen (secondary N) is 2. The van der Waals surface area contributed by atoms with Gasteiger partial charge in [-0.05, 0) is 30.2 Å². The van der Waals surface area contributed by atoms with Crippen molar-refractivity contribution in [1.82, 2.24) is 15.0 Å². The van der Waals surface area contributed by atoms with Gasteiger partial charge in [-0.15, -0.1) is 11.3 Å². The van der Waals surface area contributed by atoms with Crippen LogP contribution in [-0.2, 0) is 16.6 Å². The van der Waals surface area contributed by atoms with E-state index < -0.39 is 16.1 Å². The molecule has 5 nitrogen and oxygen atoms in total. The van der Waals surface area contributed by atoms with E-state index in [1.807, 2.05) is 73.0 Å².